The maximum absolute atomic E-state index is 11.8. The predicted molar refractivity (Wildman–Crippen MR) is 70.2 cm³/mol. The Labute approximate surface area is 114 Å². The van der Waals surface area contributed by atoms with E-state index in [2.05, 4.69) is 0 Å². The molecule has 0 bridgehead atoms. The van der Waals surface area contributed by atoms with Gasteiger partial charge in [-0.05, 0) is 17.7 Å². The molecule has 0 aromatic heterocycles. The van der Waals surface area contributed by atoms with Gasteiger partial charge in [-0.2, -0.15) is 0 Å². The van der Waals surface area contributed by atoms with Gasteiger partial charge in [0.1, 0.15) is 11.3 Å². The quantitative estimate of drug-likeness (QED) is 0.781. The lowest BCUT2D eigenvalue weighted by Gasteiger charge is -2.23. The van der Waals surface area contributed by atoms with Crippen molar-refractivity contribution in [3.05, 3.63) is 23.8 Å². The molecule has 18 heavy (non-hydrogen) atoms. The maximum Gasteiger partial charge on any atom is 0.238 e. The zero-order chi connectivity index (χ0) is 12.5. The van der Waals surface area contributed by atoms with Crippen molar-refractivity contribution < 1.29 is 14.3 Å². The van der Waals surface area contributed by atoms with Crippen LogP contribution in [-0.2, 0) is 4.79 Å². The van der Waals surface area contributed by atoms with Gasteiger partial charge in [-0.15, -0.1) is 23.4 Å². The highest BCUT2D eigenvalue weighted by Gasteiger charge is 2.31. The molecule has 96 valence electrons. The van der Waals surface area contributed by atoms with Crippen LogP contribution in [0, 0.1) is 0 Å². The summed E-state index contributed by atoms with van der Waals surface area (Å²) >= 11 is 7.38. The van der Waals surface area contributed by atoms with Gasteiger partial charge in [0.15, 0.2) is 11.5 Å². The summed E-state index contributed by atoms with van der Waals surface area (Å²) in [6, 6.07) is 5.81. The number of rotatable bonds is 2. The van der Waals surface area contributed by atoms with Crippen LogP contribution in [0.15, 0.2) is 18.2 Å². The van der Waals surface area contributed by atoms with Crippen molar-refractivity contribution in [2.75, 3.05) is 25.0 Å². The molecule has 6 heteroatoms. The van der Waals surface area contributed by atoms with Crippen molar-refractivity contribution in [1.82, 2.24) is 4.90 Å². The van der Waals surface area contributed by atoms with Gasteiger partial charge in [-0.3, -0.25) is 4.79 Å². The van der Waals surface area contributed by atoms with Gasteiger partial charge in [-0.1, -0.05) is 6.07 Å². The first-order valence-electron chi connectivity index (χ1n) is 5.66. The first-order valence-corrected chi connectivity index (χ1v) is 7.24. The van der Waals surface area contributed by atoms with Gasteiger partial charge in [0.25, 0.3) is 0 Å². The molecule has 0 unspecified atom stereocenters. The molecule has 0 spiro atoms. The summed E-state index contributed by atoms with van der Waals surface area (Å²) < 4.78 is 10.6. The van der Waals surface area contributed by atoms with E-state index in [1.54, 1.807) is 11.8 Å². The number of nitrogens with zero attached hydrogens (tertiary/aromatic N) is 1. The second-order valence-corrected chi connectivity index (χ2v) is 5.51. The highest BCUT2D eigenvalue weighted by molar-refractivity contribution is 7.99. The van der Waals surface area contributed by atoms with E-state index in [4.69, 9.17) is 21.1 Å². The molecule has 1 saturated heterocycles. The Bertz CT molecular complexity index is 482. The summed E-state index contributed by atoms with van der Waals surface area (Å²) in [7, 11) is 0. The summed E-state index contributed by atoms with van der Waals surface area (Å²) in [4.78, 5) is 13.6. The average molecular weight is 286 g/mol. The predicted octanol–water partition coefficient (Wildman–Crippen LogP) is 2.23. The SMILES string of the molecule is O=C(CCl)N1CCS[C@@H]1c1ccc2c(c1)OCO2. The van der Waals surface area contributed by atoms with Crippen molar-refractivity contribution in [3.63, 3.8) is 0 Å². The number of ether oxygens (including phenoxy) is 2. The molecule has 2 heterocycles. The molecule has 1 atom stereocenters. The number of hydrogen-bond acceptors (Lipinski definition) is 4. The third-order valence-corrected chi connectivity index (χ3v) is 4.50. The number of alkyl halides is 1. The highest BCUT2D eigenvalue weighted by Crippen LogP contribution is 2.42. The van der Waals surface area contributed by atoms with Crippen LogP contribution in [-0.4, -0.2) is 35.8 Å². The fourth-order valence-corrected chi connectivity index (χ4v) is 3.57. The topological polar surface area (TPSA) is 38.8 Å². The van der Waals surface area contributed by atoms with Gasteiger partial charge < -0.3 is 14.4 Å². The largest absolute Gasteiger partial charge is 0.454 e. The Morgan fingerprint density at radius 2 is 2.28 bits per heavy atom. The van der Waals surface area contributed by atoms with Gasteiger partial charge in [0.2, 0.25) is 12.7 Å². The van der Waals surface area contributed by atoms with Gasteiger partial charge in [0, 0.05) is 12.3 Å². The number of carbonyl (C=O) groups excluding carboxylic acids is 1. The standard InChI is InChI=1S/C12H12ClNO3S/c13-6-11(15)14-3-4-18-12(14)8-1-2-9-10(5-8)17-7-16-9/h1-2,5,12H,3-4,6-7H2/t12-/m1/s1. The molecule has 0 aliphatic carbocycles. The third-order valence-electron chi connectivity index (χ3n) is 3.01. The maximum atomic E-state index is 11.8. The fraction of sp³-hybridized carbons (Fsp3) is 0.417. The number of carbonyl (C=O) groups is 1. The van der Waals surface area contributed by atoms with E-state index in [1.807, 2.05) is 23.1 Å². The van der Waals surface area contributed by atoms with Crippen LogP contribution < -0.4 is 9.47 Å². The van der Waals surface area contributed by atoms with E-state index in [-0.39, 0.29) is 24.0 Å². The second kappa shape index (κ2) is 4.90. The molecular weight excluding hydrogens is 274 g/mol. The zero-order valence-corrected chi connectivity index (χ0v) is 11.2. The number of hydrogen-bond donors (Lipinski definition) is 0. The molecular formula is C12H12ClNO3S. The lowest BCUT2D eigenvalue weighted by atomic mass is 10.2. The Hall–Kier alpha value is -1.07. The molecule has 2 aliphatic heterocycles. The number of amides is 1. The first kappa shape index (κ1) is 12.0. The van der Waals surface area contributed by atoms with Crippen molar-refractivity contribution in [1.29, 1.82) is 0 Å². The van der Waals surface area contributed by atoms with Gasteiger partial charge >= 0.3 is 0 Å². The van der Waals surface area contributed by atoms with Crippen molar-refractivity contribution in [3.8, 4) is 11.5 Å². The normalized spacial score (nSPS) is 21.4. The Balaban J connectivity index is 1.87. The monoisotopic (exact) mass is 285 g/mol. The second-order valence-electron chi connectivity index (χ2n) is 4.06. The van der Waals surface area contributed by atoms with E-state index in [0.717, 1.165) is 29.4 Å². The van der Waals surface area contributed by atoms with E-state index < -0.39 is 0 Å². The van der Waals surface area contributed by atoms with E-state index in [0.29, 0.717) is 0 Å². The van der Waals surface area contributed by atoms with Crippen LogP contribution in [0.1, 0.15) is 10.9 Å². The Morgan fingerprint density at radius 3 is 3.11 bits per heavy atom. The average Bonchev–Trinajstić information content (AvgIpc) is 3.05. The lowest BCUT2D eigenvalue weighted by Crippen LogP contribution is -2.31. The third kappa shape index (κ3) is 2.01. The van der Waals surface area contributed by atoms with E-state index in [9.17, 15) is 4.79 Å². The number of fused-ring (bicyclic) bond motifs is 1. The minimum Gasteiger partial charge on any atom is -0.454 e. The van der Waals surface area contributed by atoms with Crippen LogP contribution in [0.4, 0.5) is 0 Å². The molecule has 1 amide bonds. The van der Waals surface area contributed by atoms with E-state index in [1.165, 1.54) is 0 Å². The van der Waals surface area contributed by atoms with Crippen molar-refractivity contribution >= 4 is 29.3 Å². The van der Waals surface area contributed by atoms with Crippen molar-refractivity contribution in [2.24, 2.45) is 0 Å². The smallest absolute Gasteiger partial charge is 0.238 e. The highest BCUT2D eigenvalue weighted by atomic mass is 35.5. The minimum atomic E-state index is -0.0238. The van der Waals surface area contributed by atoms with Crippen LogP contribution in [0.3, 0.4) is 0 Å². The van der Waals surface area contributed by atoms with Crippen molar-refractivity contribution in [2.45, 2.75) is 5.37 Å². The molecule has 3 rings (SSSR count). The summed E-state index contributed by atoms with van der Waals surface area (Å²) in [5.74, 6) is 2.45. The van der Waals surface area contributed by atoms with Crippen LogP contribution in [0.25, 0.3) is 0 Å². The fourth-order valence-electron chi connectivity index (χ4n) is 2.15. The summed E-state index contributed by atoms with van der Waals surface area (Å²) in [5.41, 5.74) is 1.06. The Kier molecular flexibility index (Phi) is 3.26. The molecule has 0 saturated carbocycles. The van der Waals surface area contributed by atoms with Crippen LogP contribution in [0.5, 0.6) is 11.5 Å². The molecule has 0 N–H and O–H groups in total. The molecule has 1 aromatic carbocycles. The van der Waals surface area contributed by atoms with Gasteiger partial charge in [-0.25, -0.2) is 0 Å². The minimum absolute atomic E-state index is 0.0238. The summed E-state index contributed by atoms with van der Waals surface area (Å²) in [6.07, 6.45) is 0. The lowest BCUT2D eigenvalue weighted by molar-refractivity contribution is -0.128. The van der Waals surface area contributed by atoms with Crippen LogP contribution in [0.2, 0.25) is 0 Å². The molecule has 2 aliphatic rings. The molecule has 1 aromatic rings. The molecule has 0 radical (unpaired) electrons. The number of thioether (sulfide) groups is 1. The zero-order valence-electron chi connectivity index (χ0n) is 9.60. The number of halogens is 1. The van der Waals surface area contributed by atoms with Crippen LogP contribution >= 0.6 is 23.4 Å². The Morgan fingerprint density at radius 1 is 1.44 bits per heavy atom. The number of benzene rings is 1. The summed E-state index contributed by atoms with van der Waals surface area (Å²) in [5, 5.41) is 0.0331. The van der Waals surface area contributed by atoms with E-state index >= 15 is 0 Å². The first-order chi connectivity index (χ1) is 8.79. The summed E-state index contributed by atoms with van der Waals surface area (Å²) in [6.45, 7) is 1.01. The van der Waals surface area contributed by atoms with Gasteiger partial charge in [0.05, 0.1) is 0 Å². The molecule has 4 nitrogen and oxygen atoms in total. The molecule has 1 fully saturated rings.